The Morgan fingerprint density at radius 2 is 1.50 bits per heavy atom. The molecule has 0 aliphatic heterocycles. The number of carbonyl (C=O) groups excluding carboxylic acids is 3. The molecule has 0 radical (unpaired) electrons. The summed E-state index contributed by atoms with van der Waals surface area (Å²) in [4.78, 5) is 40.0. The first-order valence-electron chi connectivity index (χ1n) is 8.49. The van der Waals surface area contributed by atoms with Gasteiger partial charge in [0, 0.05) is 11.8 Å². The van der Waals surface area contributed by atoms with Gasteiger partial charge < -0.3 is 23.9 Å². The smallest absolute Gasteiger partial charge is 0.339 e. The van der Waals surface area contributed by atoms with Crippen molar-refractivity contribution >= 4 is 17.7 Å². The minimum atomic E-state index is -1.08. The maximum absolute atomic E-state index is 12.7. The Morgan fingerprint density at radius 1 is 0.929 bits per heavy atom. The first-order chi connectivity index (χ1) is 13.2. The van der Waals surface area contributed by atoms with Crippen molar-refractivity contribution in [2.24, 2.45) is 0 Å². The highest BCUT2D eigenvalue weighted by molar-refractivity contribution is 6.04. The molecule has 1 aromatic carbocycles. The van der Waals surface area contributed by atoms with Crippen LogP contribution in [0.4, 0.5) is 0 Å². The lowest BCUT2D eigenvalue weighted by atomic mass is 10.1. The van der Waals surface area contributed by atoms with E-state index < -0.39 is 23.8 Å². The van der Waals surface area contributed by atoms with E-state index >= 15 is 0 Å². The van der Waals surface area contributed by atoms with Crippen LogP contribution < -0.4 is 9.47 Å². The molecule has 2 aromatic rings. The normalized spacial score (nSPS) is 11.5. The Balaban J connectivity index is 2.23. The molecule has 0 saturated heterocycles. The quantitative estimate of drug-likeness (QED) is 0.573. The molecule has 2 rings (SSSR count). The molecule has 8 heteroatoms. The first-order valence-corrected chi connectivity index (χ1v) is 8.49. The highest BCUT2D eigenvalue weighted by atomic mass is 16.5. The van der Waals surface area contributed by atoms with Crippen LogP contribution in [0.25, 0.3) is 0 Å². The number of ketones is 1. The van der Waals surface area contributed by atoms with Gasteiger partial charge in [-0.15, -0.1) is 0 Å². The molecule has 0 aliphatic rings. The summed E-state index contributed by atoms with van der Waals surface area (Å²) in [5, 5.41) is 0. The molecule has 1 N–H and O–H groups in total. The predicted molar refractivity (Wildman–Crippen MR) is 100 cm³/mol. The highest BCUT2D eigenvalue weighted by Crippen LogP contribution is 2.24. The van der Waals surface area contributed by atoms with Gasteiger partial charge in [0.25, 0.3) is 0 Å². The van der Waals surface area contributed by atoms with Crippen LogP contribution in [0.2, 0.25) is 0 Å². The second-order valence-electron chi connectivity index (χ2n) is 6.13. The number of methoxy groups -OCH3 is 3. The van der Waals surface area contributed by atoms with Crippen LogP contribution in [-0.4, -0.2) is 50.1 Å². The zero-order chi connectivity index (χ0) is 21.0. The van der Waals surface area contributed by atoms with E-state index in [2.05, 4.69) is 4.98 Å². The van der Waals surface area contributed by atoms with Crippen molar-refractivity contribution in [3.05, 3.63) is 46.3 Å². The molecular formula is C20H23NO7. The summed E-state index contributed by atoms with van der Waals surface area (Å²) in [6.45, 7) is 4.75. The van der Waals surface area contributed by atoms with E-state index in [-0.39, 0.29) is 11.3 Å². The third kappa shape index (κ3) is 4.16. The molecule has 1 heterocycles. The number of carbonyl (C=O) groups is 3. The van der Waals surface area contributed by atoms with Crippen LogP contribution in [0, 0.1) is 13.8 Å². The molecule has 150 valence electrons. The van der Waals surface area contributed by atoms with Crippen LogP contribution in [0.15, 0.2) is 18.2 Å². The fourth-order valence-electron chi connectivity index (χ4n) is 2.82. The van der Waals surface area contributed by atoms with Crippen molar-refractivity contribution in [3.8, 4) is 11.5 Å². The molecule has 8 nitrogen and oxygen atoms in total. The van der Waals surface area contributed by atoms with Gasteiger partial charge in [0.2, 0.25) is 5.78 Å². The van der Waals surface area contributed by atoms with Gasteiger partial charge in [0.15, 0.2) is 6.10 Å². The number of benzene rings is 1. The number of Topliss-reactive ketones (excluding diaryl/α,β-unsaturated/α-hetero) is 1. The number of aromatic amines is 1. The molecule has 0 spiro atoms. The van der Waals surface area contributed by atoms with Gasteiger partial charge in [0.05, 0.1) is 38.2 Å². The number of esters is 2. The minimum absolute atomic E-state index is 0.186. The zero-order valence-electron chi connectivity index (χ0n) is 16.7. The third-order valence-corrected chi connectivity index (χ3v) is 4.31. The van der Waals surface area contributed by atoms with Crippen LogP contribution in [0.1, 0.15) is 49.4 Å². The topological polar surface area (TPSA) is 104 Å². The Morgan fingerprint density at radius 3 is 2.00 bits per heavy atom. The van der Waals surface area contributed by atoms with E-state index in [0.717, 1.165) is 0 Å². The number of rotatable bonds is 7. The molecule has 1 atom stereocenters. The second kappa shape index (κ2) is 8.60. The van der Waals surface area contributed by atoms with E-state index in [4.69, 9.17) is 18.9 Å². The van der Waals surface area contributed by atoms with Crippen molar-refractivity contribution in [2.75, 3.05) is 21.3 Å². The number of aryl methyl sites for hydroxylation is 1. The number of hydrogen-bond acceptors (Lipinski definition) is 7. The van der Waals surface area contributed by atoms with Gasteiger partial charge in [-0.1, -0.05) is 0 Å². The standard InChI is InChI=1S/C20H23NO7/c1-10-16(20(24)27-6)11(2)21-17(10)18(22)12(3)28-19(23)13-7-14(25-4)9-15(8-13)26-5/h7-9,12,21H,1-6H3/t12-/m1/s1. The van der Waals surface area contributed by atoms with Crippen molar-refractivity contribution < 1.29 is 33.3 Å². The summed E-state index contributed by atoms with van der Waals surface area (Å²) in [5.74, 6) is -0.864. The lowest BCUT2D eigenvalue weighted by Crippen LogP contribution is -2.25. The second-order valence-corrected chi connectivity index (χ2v) is 6.13. The summed E-state index contributed by atoms with van der Waals surface area (Å²) < 4.78 is 20.3. The summed E-state index contributed by atoms with van der Waals surface area (Å²) in [6.07, 6.45) is -1.08. The Hall–Kier alpha value is -3.29. The van der Waals surface area contributed by atoms with Gasteiger partial charge in [0.1, 0.15) is 11.5 Å². The molecule has 0 fully saturated rings. The number of hydrogen-bond donors (Lipinski definition) is 1. The number of ether oxygens (including phenoxy) is 4. The largest absolute Gasteiger partial charge is 0.497 e. The fourth-order valence-corrected chi connectivity index (χ4v) is 2.82. The average Bonchev–Trinajstić information content (AvgIpc) is 3.00. The molecular weight excluding hydrogens is 366 g/mol. The summed E-state index contributed by atoms with van der Waals surface area (Å²) in [7, 11) is 4.19. The molecule has 0 unspecified atom stereocenters. The van der Waals surface area contributed by atoms with Gasteiger partial charge in [-0.3, -0.25) is 4.79 Å². The minimum Gasteiger partial charge on any atom is -0.497 e. The highest BCUT2D eigenvalue weighted by Gasteiger charge is 2.27. The third-order valence-electron chi connectivity index (χ3n) is 4.31. The summed E-state index contributed by atoms with van der Waals surface area (Å²) in [6, 6.07) is 4.59. The Bertz CT molecular complexity index is 891. The number of H-pyrrole nitrogens is 1. The maximum atomic E-state index is 12.7. The monoisotopic (exact) mass is 389 g/mol. The molecule has 28 heavy (non-hydrogen) atoms. The SMILES string of the molecule is COC(=O)c1c(C)[nH]c(C(=O)[C@@H](C)OC(=O)c2cc(OC)cc(OC)c2)c1C. The molecule has 0 bridgehead atoms. The van der Waals surface area contributed by atoms with E-state index in [1.165, 1.54) is 40.4 Å². The molecule has 0 saturated carbocycles. The van der Waals surface area contributed by atoms with Crippen molar-refractivity contribution in [1.29, 1.82) is 0 Å². The zero-order valence-corrected chi connectivity index (χ0v) is 16.7. The van der Waals surface area contributed by atoms with E-state index in [1.54, 1.807) is 19.9 Å². The van der Waals surface area contributed by atoms with Gasteiger partial charge in [-0.05, 0) is 38.5 Å². The van der Waals surface area contributed by atoms with E-state index in [1.807, 2.05) is 0 Å². The molecule has 1 aromatic heterocycles. The van der Waals surface area contributed by atoms with Gasteiger partial charge >= 0.3 is 11.9 Å². The number of nitrogens with one attached hydrogen (secondary N) is 1. The van der Waals surface area contributed by atoms with Crippen LogP contribution in [0.5, 0.6) is 11.5 Å². The average molecular weight is 389 g/mol. The van der Waals surface area contributed by atoms with Gasteiger partial charge in [-0.2, -0.15) is 0 Å². The lowest BCUT2D eigenvalue weighted by molar-refractivity contribution is 0.0316. The molecule has 0 aliphatic carbocycles. The summed E-state index contributed by atoms with van der Waals surface area (Å²) >= 11 is 0. The van der Waals surface area contributed by atoms with E-state index in [0.29, 0.717) is 28.3 Å². The Labute approximate surface area is 162 Å². The van der Waals surface area contributed by atoms with Crippen LogP contribution in [-0.2, 0) is 9.47 Å². The lowest BCUT2D eigenvalue weighted by Gasteiger charge is -2.13. The van der Waals surface area contributed by atoms with Crippen LogP contribution in [0.3, 0.4) is 0 Å². The first kappa shape index (κ1) is 21.0. The maximum Gasteiger partial charge on any atom is 0.339 e. The molecule has 0 amide bonds. The summed E-state index contributed by atoms with van der Waals surface area (Å²) in [5.41, 5.74) is 1.62. The van der Waals surface area contributed by atoms with Crippen molar-refractivity contribution in [2.45, 2.75) is 26.9 Å². The predicted octanol–water partition coefficient (Wildman–Crippen LogP) is 2.86. The number of aromatic nitrogens is 1. The van der Waals surface area contributed by atoms with Crippen molar-refractivity contribution in [3.63, 3.8) is 0 Å². The fraction of sp³-hybridized carbons (Fsp3) is 0.350. The Kier molecular flexibility index (Phi) is 6.45. The van der Waals surface area contributed by atoms with E-state index in [9.17, 15) is 14.4 Å². The van der Waals surface area contributed by atoms with Crippen LogP contribution >= 0.6 is 0 Å². The van der Waals surface area contributed by atoms with Gasteiger partial charge in [-0.25, -0.2) is 9.59 Å². The van der Waals surface area contributed by atoms with Crippen molar-refractivity contribution in [1.82, 2.24) is 4.98 Å².